The molecule has 2 atom stereocenters. The van der Waals surface area contributed by atoms with Crippen molar-refractivity contribution in [3.63, 3.8) is 0 Å². The molecule has 1 N–H and O–H groups in total. The Bertz CT molecular complexity index is 248. The molecule has 0 amide bonds. The Morgan fingerprint density at radius 2 is 2.15 bits per heavy atom. The molecule has 1 aliphatic heterocycles. The van der Waals surface area contributed by atoms with Gasteiger partial charge in [-0.3, -0.25) is 0 Å². The minimum absolute atomic E-state index is 0.186. The van der Waals surface area contributed by atoms with E-state index in [-0.39, 0.29) is 23.5 Å². The monoisotopic (exact) mass is 224 g/mol. The van der Waals surface area contributed by atoms with Crippen LogP contribution < -0.4 is 0 Å². The maximum Gasteiger partial charge on any atom is 0.150 e. The minimum atomic E-state index is -2.85. The van der Waals surface area contributed by atoms with Crippen molar-refractivity contribution in [3.05, 3.63) is 0 Å². The molecule has 0 spiro atoms. The highest BCUT2D eigenvalue weighted by atomic mass is 32.2. The van der Waals surface area contributed by atoms with E-state index < -0.39 is 9.84 Å². The first-order chi connectivity index (χ1) is 6.05. The zero-order chi connectivity index (χ0) is 9.90. The van der Waals surface area contributed by atoms with Crippen LogP contribution in [0.15, 0.2) is 0 Å². The predicted octanol–water partition coefficient (Wildman–Crippen LogP) is 0.535. The average molecular weight is 224 g/mol. The molecule has 2 unspecified atom stereocenters. The van der Waals surface area contributed by atoms with Crippen molar-refractivity contribution in [2.45, 2.75) is 19.4 Å². The number of hydrogen-bond acceptors (Lipinski definition) is 4. The Hall–Kier alpha value is 0.260. The summed E-state index contributed by atoms with van der Waals surface area (Å²) in [4.78, 5) is 0. The smallest absolute Gasteiger partial charge is 0.150 e. The van der Waals surface area contributed by atoms with Crippen LogP contribution in [-0.2, 0) is 9.84 Å². The summed E-state index contributed by atoms with van der Waals surface area (Å²) in [7, 11) is -2.85. The standard InChI is InChI=1S/C8H16O3S2/c1-2-13(10,11)4-3-7-5-12-6-8(7)9/h7-9H,2-6H2,1H3. The molecule has 1 fully saturated rings. The van der Waals surface area contributed by atoms with Gasteiger partial charge in [0.1, 0.15) is 9.84 Å². The van der Waals surface area contributed by atoms with Crippen LogP contribution in [0.2, 0.25) is 0 Å². The lowest BCUT2D eigenvalue weighted by Crippen LogP contribution is -2.21. The minimum Gasteiger partial charge on any atom is -0.392 e. The van der Waals surface area contributed by atoms with Crippen molar-refractivity contribution in [1.29, 1.82) is 0 Å². The van der Waals surface area contributed by atoms with E-state index in [2.05, 4.69) is 0 Å². The number of sulfone groups is 1. The molecule has 5 heteroatoms. The van der Waals surface area contributed by atoms with Crippen LogP contribution in [0.1, 0.15) is 13.3 Å². The van der Waals surface area contributed by atoms with E-state index in [0.29, 0.717) is 6.42 Å². The molecule has 78 valence electrons. The fourth-order valence-electron chi connectivity index (χ4n) is 1.34. The third-order valence-electron chi connectivity index (χ3n) is 2.40. The zero-order valence-electron chi connectivity index (χ0n) is 7.77. The van der Waals surface area contributed by atoms with E-state index in [1.165, 1.54) is 0 Å². The molecule has 1 aliphatic rings. The van der Waals surface area contributed by atoms with Gasteiger partial charge in [0.25, 0.3) is 0 Å². The summed E-state index contributed by atoms with van der Waals surface area (Å²) >= 11 is 1.70. The van der Waals surface area contributed by atoms with Crippen LogP contribution in [0.4, 0.5) is 0 Å². The molecule has 0 aromatic heterocycles. The summed E-state index contributed by atoms with van der Waals surface area (Å²) in [6, 6.07) is 0. The van der Waals surface area contributed by atoms with Gasteiger partial charge in [-0.1, -0.05) is 6.92 Å². The summed E-state index contributed by atoms with van der Waals surface area (Å²) in [6.45, 7) is 1.66. The number of hydrogen-bond donors (Lipinski definition) is 1. The van der Waals surface area contributed by atoms with Crippen molar-refractivity contribution in [2.24, 2.45) is 5.92 Å². The Balaban J connectivity index is 2.34. The maximum atomic E-state index is 11.2. The predicted molar refractivity (Wildman–Crippen MR) is 55.8 cm³/mol. The zero-order valence-corrected chi connectivity index (χ0v) is 9.40. The molecule has 3 nitrogen and oxygen atoms in total. The average Bonchev–Trinajstić information content (AvgIpc) is 2.48. The first-order valence-electron chi connectivity index (χ1n) is 4.51. The fraction of sp³-hybridized carbons (Fsp3) is 1.00. The Morgan fingerprint density at radius 3 is 2.62 bits per heavy atom. The molecular formula is C8H16O3S2. The second kappa shape index (κ2) is 4.66. The quantitative estimate of drug-likeness (QED) is 0.757. The van der Waals surface area contributed by atoms with Crippen LogP contribution in [0.5, 0.6) is 0 Å². The van der Waals surface area contributed by atoms with E-state index >= 15 is 0 Å². The van der Waals surface area contributed by atoms with Gasteiger partial charge in [-0.25, -0.2) is 8.42 Å². The third-order valence-corrected chi connectivity index (χ3v) is 5.38. The van der Waals surface area contributed by atoms with Gasteiger partial charge in [0, 0.05) is 11.5 Å². The molecule has 0 aromatic carbocycles. The molecule has 0 bridgehead atoms. The number of thioether (sulfide) groups is 1. The van der Waals surface area contributed by atoms with E-state index in [1.54, 1.807) is 18.7 Å². The highest BCUT2D eigenvalue weighted by Gasteiger charge is 2.26. The van der Waals surface area contributed by atoms with Gasteiger partial charge in [-0.2, -0.15) is 11.8 Å². The van der Waals surface area contributed by atoms with E-state index in [9.17, 15) is 13.5 Å². The fourth-order valence-corrected chi connectivity index (χ4v) is 3.63. The number of rotatable bonds is 4. The lowest BCUT2D eigenvalue weighted by Gasteiger charge is -2.12. The van der Waals surface area contributed by atoms with Crippen LogP contribution in [0.3, 0.4) is 0 Å². The van der Waals surface area contributed by atoms with Crippen LogP contribution >= 0.6 is 11.8 Å². The second-order valence-electron chi connectivity index (χ2n) is 3.39. The van der Waals surface area contributed by atoms with Crippen molar-refractivity contribution >= 4 is 21.6 Å². The second-order valence-corrected chi connectivity index (χ2v) is 6.94. The van der Waals surface area contributed by atoms with E-state index in [4.69, 9.17) is 0 Å². The molecular weight excluding hydrogens is 208 g/mol. The number of aliphatic hydroxyl groups excluding tert-OH is 1. The van der Waals surface area contributed by atoms with Crippen LogP contribution in [0.25, 0.3) is 0 Å². The largest absolute Gasteiger partial charge is 0.392 e. The van der Waals surface area contributed by atoms with Gasteiger partial charge in [0.05, 0.1) is 11.9 Å². The lowest BCUT2D eigenvalue weighted by molar-refractivity contribution is 0.148. The number of aliphatic hydroxyl groups is 1. The van der Waals surface area contributed by atoms with Crippen molar-refractivity contribution < 1.29 is 13.5 Å². The maximum absolute atomic E-state index is 11.2. The molecule has 13 heavy (non-hydrogen) atoms. The van der Waals surface area contributed by atoms with Crippen LogP contribution in [-0.4, -0.2) is 42.6 Å². The summed E-state index contributed by atoms with van der Waals surface area (Å²) in [6.07, 6.45) is 0.321. The van der Waals surface area contributed by atoms with Gasteiger partial charge < -0.3 is 5.11 Å². The summed E-state index contributed by atoms with van der Waals surface area (Å²) < 4.78 is 22.3. The Labute approximate surface area is 83.8 Å². The van der Waals surface area contributed by atoms with Gasteiger partial charge in [0.15, 0.2) is 0 Å². The first kappa shape index (κ1) is 11.3. The van der Waals surface area contributed by atoms with Crippen LogP contribution in [0, 0.1) is 5.92 Å². The third kappa shape index (κ3) is 3.48. The highest BCUT2D eigenvalue weighted by molar-refractivity contribution is 7.99. The normalized spacial score (nSPS) is 29.4. The molecule has 1 rings (SSSR count). The molecule has 1 heterocycles. The highest BCUT2D eigenvalue weighted by Crippen LogP contribution is 2.26. The topological polar surface area (TPSA) is 54.4 Å². The SMILES string of the molecule is CCS(=O)(=O)CCC1CSCC1O. The lowest BCUT2D eigenvalue weighted by atomic mass is 10.0. The van der Waals surface area contributed by atoms with Gasteiger partial charge >= 0.3 is 0 Å². The molecule has 1 saturated heterocycles. The Kier molecular flexibility index (Phi) is 4.06. The summed E-state index contributed by atoms with van der Waals surface area (Å²) in [5.74, 6) is 2.29. The first-order valence-corrected chi connectivity index (χ1v) is 7.49. The Morgan fingerprint density at radius 1 is 1.46 bits per heavy atom. The summed E-state index contributed by atoms with van der Waals surface area (Å²) in [5.41, 5.74) is 0. The molecule has 0 saturated carbocycles. The van der Waals surface area contributed by atoms with Gasteiger partial charge in [0.2, 0.25) is 0 Å². The van der Waals surface area contributed by atoms with Gasteiger partial charge in [-0.05, 0) is 18.1 Å². The van der Waals surface area contributed by atoms with Crippen molar-refractivity contribution in [1.82, 2.24) is 0 Å². The molecule has 0 radical (unpaired) electrons. The van der Waals surface area contributed by atoms with E-state index in [0.717, 1.165) is 11.5 Å². The van der Waals surface area contributed by atoms with Gasteiger partial charge in [-0.15, -0.1) is 0 Å². The van der Waals surface area contributed by atoms with Crippen molar-refractivity contribution in [2.75, 3.05) is 23.0 Å². The van der Waals surface area contributed by atoms with Crippen molar-refractivity contribution in [3.8, 4) is 0 Å². The molecule has 0 aliphatic carbocycles. The van der Waals surface area contributed by atoms with E-state index in [1.807, 2.05) is 0 Å². The summed E-state index contributed by atoms with van der Waals surface area (Å²) in [5, 5.41) is 9.44. The molecule has 0 aromatic rings.